The molecule has 0 saturated heterocycles. The molecule has 8 heavy (non-hydrogen) atoms. The van der Waals surface area contributed by atoms with E-state index in [1.165, 1.54) is 0 Å². The molecule has 0 aliphatic carbocycles. The number of hydrogen-bond acceptors (Lipinski definition) is 4. The van der Waals surface area contributed by atoms with E-state index >= 15 is 0 Å². The van der Waals surface area contributed by atoms with Crippen LogP contribution >= 0.6 is 11.5 Å². The van der Waals surface area contributed by atoms with E-state index < -0.39 is 0 Å². The van der Waals surface area contributed by atoms with E-state index in [2.05, 4.69) is 9.36 Å². The van der Waals surface area contributed by atoms with Gasteiger partial charge in [-0.3, -0.25) is 0 Å². The zero-order valence-electron chi connectivity index (χ0n) is 3.89. The number of aromatic nitrogens is 2. The van der Waals surface area contributed by atoms with Crippen molar-refractivity contribution in [1.82, 2.24) is 4.37 Å². The molecule has 1 rings (SSSR count). The zero-order valence-corrected chi connectivity index (χ0v) is 6.86. The Morgan fingerprint density at radius 1 is 1.50 bits per heavy atom. The van der Waals surface area contributed by atoms with Crippen LogP contribution in [0.3, 0.4) is 0 Å². The first-order valence-corrected chi connectivity index (χ1v) is 2.46. The molecule has 6 heteroatoms. The number of nitrogens with one attached hydrogen (secondary N) is 1. The standard InChI is InChI=1S/C2H4N4S.HI/c3-1-5-2(4)7-6-1;/h(H4,3,4,5,6);1H. The van der Waals surface area contributed by atoms with Gasteiger partial charge in [0.25, 0.3) is 5.13 Å². The van der Waals surface area contributed by atoms with Crippen LogP contribution in [-0.4, -0.2) is 4.37 Å². The highest BCUT2D eigenvalue weighted by Gasteiger charge is 1.97. The summed E-state index contributed by atoms with van der Waals surface area (Å²) in [4.78, 5) is 2.60. The van der Waals surface area contributed by atoms with Gasteiger partial charge in [0.05, 0.1) is 11.5 Å². The molecule has 0 aromatic carbocycles. The van der Waals surface area contributed by atoms with Crippen molar-refractivity contribution in [2.45, 2.75) is 0 Å². The van der Waals surface area contributed by atoms with Gasteiger partial charge >= 0.3 is 5.95 Å². The van der Waals surface area contributed by atoms with Gasteiger partial charge < -0.3 is 35.4 Å². The molecule has 0 atom stereocenters. The molecule has 5 N–H and O–H groups in total. The van der Waals surface area contributed by atoms with Crippen molar-refractivity contribution in [1.29, 1.82) is 0 Å². The lowest BCUT2D eigenvalue weighted by Crippen LogP contribution is -3.00. The quantitative estimate of drug-likeness (QED) is 0.458. The molecule has 0 aliphatic heterocycles. The Balaban J connectivity index is 0.000000490. The molecule has 1 aromatic rings. The molecule has 46 valence electrons. The minimum absolute atomic E-state index is 0. The van der Waals surface area contributed by atoms with Gasteiger partial charge in [-0.05, 0) is 4.37 Å². The lowest BCUT2D eigenvalue weighted by molar-refractivity contribution is -0.339. The van der Waals surface area contributed by atoms with Crippen molar-refractivity contribution in [3.63, 3.8) is 0 Å². The Kier molecular flexibility index (Phi) is 2.98. The van der Waals surface area contributed by atoms with E-state index in [0.29, 0.717) is 11.1 Å². The Labute approximate surface area is 67.5 Å². The first-order valence-electron chi connectivity index (χ1n) is 1.69. The van der Waals surface area contributed by atoms with Gasteiger partial charge in [0, 0.05) is 0 Å². The number of anilines is 2. The summed E-state index contributed by atoms with van der Waals surface area (Å²) in [6, 6.07) is 0. The topological polar surface area (TPSA) is 79.1 Å². The monoisotopic (exact) mass is 244 g/mol. The average Bonchev–Trinajstić information content (AvgIpc) is 1.87. The summed E-state index contributed by atoms with van der Waals surface area (Å²) in [6.45, 7) is 0. The smallest absolute Gasteiger partial charge is 0.355 e. The molecular formula is C2H5IN4S. The molecule has 1 aromatic heterocycles. The first kappa shape index (κ1) is 7.89. The van der Waals surface area contributed by atoms with Crippen LogP contribution in [0.5, 0.6) is 0 Å². The van der Waals surface area contributed by atoms with Crippen molar-refractivity contribution in [3.8, 4) is 0 Å². The highest BCUT2D eigenvalue weighted by Crippen LogP contribution is 1.97. The summed E-state index contributed by atoms with van der Waals surface area (Å²) in [7, 11) is 0. The molecule has 0 unspecified atom stereocenters. The normalized spacial score (nSPS) is 8.00. The molecular weight excluding hydrogens is 239 g/mol. The summed E-state index contributed by atoms with van der Waals surface area (Å²) in [5.74, 6) is 0.377. The SMILES string of the molecule is Nc1nsc(N)[nH+]1.[I-]. The van der Waals surface area contributed by atoms with Gasteiger partial charge in [-0.25, -0.2) is 4.98 Å². The minimum atomic E-state index is 0. The number of H-pyrrole nitrogens is 1. The maximum atomic E-state index is 5.20. The molecule has 0 spiro atoms. The zero-order chi connectivity index (χ0) is 5.28. The molecule has 0 saturated carbocycles. The van der Waals surface area contributed by atoms with Crippen LogP contribution in [-0.2, 0) is 0 Å². The largest absolute Gasteiger partial charge is 1.00 e. The fourth-order valence-corrected chi connectivity index (χ4v) is 0.663. The van der Waals surface area contributed by atoms with Crippen LogP contribution < -0.4 is 40.4 Å². The van der Waals surface area contributed by atoms with Crippen LogP contribution in [0, 0.1) is 0 Å². The highest BCUT2D eigenvalue weighted by molar-refractivity contribution is 7.09. The third kappa shape index (κ3) is 1.78. The maximum Gasteiger partial charge on any atom is 0.355 e. The average molecular weight is 244 g/mol. The van der Waals surface area contributed by atoms with Crippen molar-refractivity contribution >= 4 is 22.6 Å². The fraction of sp³-hybridized carbons (Fsp3) is 0. The van der Waals surface area contributed by atoms with Gasteiger partial charge in [0.2, 0.25) is 0 Å². The summed E-state index contributed by atoms with van der Waals surface area (Å²) in [5, 5.41) is 0.539. The van der Waals surface area contributed by atoms with Crippen LogP contribution in [0.25, 0.3) is 0 Å². The van der Waals surface area contributed by atoms with Crippen LogP contribution in [0.2, 0.25) is 0 Å². The number of aromatic amines is 1. The van der Waals surface area contributed by atoms with E-state index in [9.17, 15) is 0 Å². The number of hydrogen-bond donors (Lipinski definition) is 2. The number of nitrogen functional groups attached to an aromatic ring is 2. The maximum absolute atomic E-state index is 5.20. The predicted molar refractivity (Wildman–Crippen MR) is 27.5 cm³/mol. The first-order chi connectivity index (χ1) is 3.29. The van der Waals surface area contributed by atoms with E-state index in [1.807, 2.05) is 0 Å². The van der Waals surface area contributed by atoms with Gasteiger partial charge in [0.1, 0.15) is 0 Å². The van der Waals surface area contributed by atoms with Crippen molar-refractivity contribution in [2.75, 3.05) is 11.5 Å². The fourth-order valence-electron chi connectivity index (χ4n) is 0.270. The van der Waals surface area contributed by atoms with Gasteiger partial charge in [-0.15, -0.1) is 0 Å². The van der Waals surface area contributed by atoms with Gasteiger partial charge in [-0.2, -0.15) is 0 Å². The van der Waals surface area contributed by atoms with Crippen molar-refractivity contribution in [2.24, 2.45) is 0 Å². The Morgan fingerprint density at radius 2 is 2.12 bits per heavy atom. The number of nitrogens with zero attached hydrogens (tertiary/aromatic N) is 1. The van der Waals surface area contributed by atoms with E-state index in [-0.39, 0.29) is 24.0 Å². The third-order valence-electron chi connectivity index (χ3n) is 0.494. The second kappa shape index (κ2) is 3.02. The molecule has 1 heterocycles. The summed E-state index contributed by atoms with van der Waals surface area (Å²) >= 11 is 1.15. The lowest BCUT2D eigenvalue weighted by atomic mass is 11.1. The Morgan fingerprint density at radius 3 is 2.25 bits per heavy atom. The molecule has 0 bridgehead atoms. The van der Waals surface area contributed by atoms with Crippen LogP contribution in [0.1, 0.15) is 0 Å². The molecule has 0 fully saturated rings. The minimum Gasteiger partial charge on any atom is -1.00 e. The molecule has 0 radical (unpaired) electrons. The van der Waals surface area contributed by atoms with Crippen LogP contribution in [0.4, 0.5) is 11.1 Å². The van der Waals surface area contributed by atoms with E-state index in [4.69, 9.17) is 11.5 Å². The second-order valence-electron chi connectivity index (χ2n) is 1.06. The molecule has 0 amide bonds. The third-order valence-corrected chi connectivity index (χ3v) is 1.08. The summed E-state index contributed by atoms with van der Waals surface area (Å²) in [6.07, 6.45) is 0. The molecule has 0 aliphatic rings. The van der Waals surface area contributed by atoms with Crippen LogP contribution in [0.15, 0.2) is 0 Å². The summed E-state index contributed by atoms with van der Waals surface area (Å²) < 4.78 is 3.66. The van der Waals surface area contributed by atoms with E-state index in [1.54, 1.807) is 0 Å². The van der Waals surface area contributed by atoms with E-state index in [0.717, 1.165) is 11.5 Å². The van der Waals surface area contributed by atoms with Crippen molar-refractivity contribution < 1.29 is 29.0 Å². The number of rotatable bonds is 0. The Hall–Kier alpha value is -0.110. The number of nitrogens with two attached hydrogens (primary N) is 2. The Bertz CT molecular complexity index is 146. The van der Waals surface area contributed by atoms with Gasteiger partial charge in [-0.1, -0.05) is 0 Å². The summed E-state index contributed by atoms with van der Waals surface area (Å²) in [5.41, 5.74) is 10.3. The molecule has 4 nitrogen and oxygen atoms in total. The highest BCUT2D eigenvalue weighted by atomic mass is 127. The van der Waals surface area contributed by atoms with Crippen molar-refractivity contribution in [3.05, 3.63) is 0 Å². The predicted octanol–water partition coefficient (Wildman–Crippen LogP) is -3.87. The second-order valence-corrected chi connectivity index (χ2v) is 1.86. The van der Waals surface area contributed by atoms with Gasteiger partial charge in [0.15, 0.2) is 0 Å². The number of halogens is 1. The lowest BCUT2D eigenvalue weighted by Gasteiger charge is -1.64.